The van der Waals surface area contributed by atoms with Crippen molar-refractivity contribution in [3.05, 3.63) is 75.7 Å². The molecule has 0 saturated carbocycles. The van der Waals surface area contributed by atoms with Gasteiger partial charge in [0.2, 0.25) is 5.91 Å². The largest absolute Gasteiger partial charge is 0.310 e. The Balaban J connectivity index is 1.71. The third-order valence-corrected chi connectivity index (χ3v) is 5.88. The predicted octanol–water partition coefficient (Wildman–Crippen LogP) is 3.78. The Kier molecular flexibility index (Phi) is 5.65. The molecule has 2 heterocycles. The van der Waals surface area contributed by atoms with Gasteiger partial charge in [-0.25, -0.2) is 4.98 Å². The molecule has 158 valence electrons. The van der Waals surface area contributed by atoms with Crippen molar-refractivity contribution in [1.29, 1.82) is 0 Å². The van der Waals surface area contributed by atoms with Crippen LogP contribution in [-0.2, 0) is 11.8 Å². The number of carbonyl (C=O) groups excluding carboxylic acids is 1. The fourth-order valence-electron chi connectivity index (χ4n) is 3.51. The summed E-state index contributed by atoms with van der Waals surface area (Å²) in [7, 11) is 1.78. The first-order valence-corrected chi connectivity index (χ1v) is 10.8. The topological polar surface area (TPSA) is 81.8 Å². The Hall–Kier alpha value is -3.39. The summed E-state index contributed by atoms with van der Waals surface area (Å²) in [5, 5.41) is 8.11. The average Bonchev–Trinajstić information content (AvgIpc) is 3.04. The van der Waals surface area contributed by atoms with E-state index in [9.17, 15) is 9.59 Å². The summed E-state index contributed by atoms with van der Waals surface area (Å²) in [6, 6.07) is 15.0. The highest BCUT2D eigenvalue weighted by molar-refractivity contribution is 7.99. The molecule has 4 rings (SSSR count). The van der Waals surface area contributed by atoms with Crippen LogP contribution in [0.15, 0.2) is 58.5 Å². The Morgan fingerprint density at radius 1 is 1.10 bits per heavy atom. The Labute approximate surface area is 184 Å². The predicted molar refractivity (Wildman–Crippen MR) is 124 cm³/mol. The maximum atomic E-state index is 13.4. The summed E-state index contributed by atoms with van der Waals surface area (Å²) in [5.74, 6) is 0.545. The monoisotopic (exact) mass is 433 g/mol. The van der Waals surface area contributed by atoms with Crippen molar-refractivity contribution in [2.24, 2.45) is 7.05 Å². The van der Waals surface area contributed by atoms with Crippen LogP contribution in [-0.4, -0.2) is 31.0 Å². The van der Waals surface area contributed by atoms with Gasteiger partial charge in [-0.05, 0) is 44.5 Å². The highest BCUT2D eigenvalue weighted by Crippen LogP contribution is 2.24. The number of anilines is 1. The van der Waals surface area contributed by atoms with Crippen LogP contribution in [0.3, 0.4) is 0 Å². The Morgan fingerprint density at radius 2 is 1.87 bits per heavy atom. The van der Waals surface area contributed by atoms with Gasteiger partial charge in [-0.15, -0.1) is 0 Å². The van der Waals surface area contributed by atoms with Gasteiger partial charge in [0, 0.05) is 13.1 Å². The summed E-state index contributed by atoms with van der Waals surface area (Å²) >= 11 is 1.23. The Bertz CT molecular complexity index is 1360. The quantitative estimate of drug-likeness (QED) is 0.383. The first-order valence-electron chi connectivity index (χ1n) is 9.86. The summed E-state index contributed by atoms with van der Waals surface area (Å²) in [6.45, 7) is 5.85. The number of carbonyl (C=O) groups is 1. The lowest BCUT2D eigenvalue weighted by molar-refractivity contribution is -0.113. The molecule has 0 radical (unpaired) electrons. The first kappa shape index (κ1) is 20.9. The van der Waals surface area contributed by atoms with Crippen molar-refractivity contribution in [3.63, 3.8) is 0 Å². The number of thioether (sulfide) groups is 1. The van der Waals surface area contributed by atoms with E-state index in [1.807, 2.05) is 63.2 Å². The SMILES string of the molecule is Cc1ccc(-n2c(SCC(=O)Nc3cc(C)nn3C)nc3ccccc3c2=O)c(C)c1. The third kappa shape index (κ3) is 4.25. The lowest BCUT2D eigenvalue weighted by Gasteiger charge is -2.15. The van der Waals surface area contributed by atoms with Crippen LogP contribution in [0.5, 0.6) is 0 Å². The third-order valence-electron chi connectivity index (χ3n) is 4.94. The van der Waals surface area contributed by atoms with Gasteiger partial charge in [0.1, 0.15) is 5.82 Å². The summed E-state index contributed by atoms with van der Waals surface area (Å²) < 4.78 is 3.22. The average molecular weight is 434 g/mol. The normalized spacial score (nSPS) is 11.1. The second-order valence-corrected chi connectivity index (χ2v) is 8.42. The van der Waals surface area contributed by atoms with Crippen molar-refractivity contribution in [2.45, 2.75) is 25.9 Å². The van der Waals surface area contributed by atoms with Gasteiger partial charge in [-0.1, -0.05) is 41.6 Å². The fourth-order valence-corrected chi connectivity index (χ4v) is 4.32. The highest BCUT2D eigenvalue weighted by Gasteiger charge is 2.16. The van der Waals surface area contributed by atoms with Crippen LogP contribution >= 0.6 is 11.8 Å². The molecule has 0 aliphatic heterocycles. The lowest BCUT2D eigenvalue weighted by Crippen LogP contribution is -2.23. The molecule has 31 heavy (non-hydrogen) atoms. The molecule has 2 aromatic carbocycles. The summed E-state index contributed by atoms with van der Waals surface area (Å²) in [4.78, 5) is 30.6. The molecule has 0 fully saturated rings. The maximum Gasteiger partial charge on any atom is 0.266 e. The number of aryl methyl sites for hydroxylation is 4. The van der Waals surface area contributed by atoms with Gasteiger partial charge < -0.3 is 5.32 Å². The minimum atomic E-state index is -0.192. The van der Waals surface area contributed by atoms with Gasteiger partial charge in [0.15, 0.2) is 5.16 Å². The van der Waals surface area contributed by atoms with Gasteiger partial charge in [-0.2, -0.15) is 5.10 Å². The molecule has 4 aromatic rings. The zero-order chi connectivity index (χ0) is 22.1. The molecular formula is C23H23N5O2S. The number of nitrogens with one attached hydrogen (secondary N) is 1. The van der Waals surface area contributed by atoms with E-state index in [1.165, 1.54) is 11.8 Å². The lowest BCUT2D eigenvalue weighted by atomic mass is 10.1. The number of nitrogens with zero attached hydrogens (tertiary/aromatic N) is 4. The van der Waals surface area contributed by atoms with Gasteiger partial charge >= 0.3 is 0 Å². The van der Waals surface area contributed by atoms with Gasteiger partial charge in [0.05, 0.1) is 28.0 Å². The number of para-hydroxylation sites is 1. The van der Waals surface area contributed by atoms with E-state index in [4.69, 9.17) is 4.98 Å². The number of amides is 1. The van der Waals surface area contributed by atoms with Crippen molar-refractivity contribution < 1.29 is 4.79 Å². The summed E-state index contributed by atoms with van der Waals surface area (Å²) in [6.07, 6.45) is 0. The van der Waals surface area contributed by atoms with E-state index >= 15 is 0 Å². The van der Waals surface area contributed by atoms with E-state index in [0.717, 1.165) is 22.5 Å². The van der Waals surface area contributed by atoms with E-state index in [2.05, 4.69) is 10.4 Å². The highest BCUT2D eigenvalue weighted by atomic mass is 32.2. The molecule has 0 saturated heterocycles. The number of hydrogen-bond acceptors (Lipinski definition) is 5. The second-order valence-electron chi connectivity index (χ2n) is 7.47. The molecule has 8 heteroatoms. The van der Waals surface area contributed by atoms with Crippen LogP contribution in [0.1, 0.15) is 16.8 Å². The fraction of sp³-hybridized carbons (Fsp3) is 0.217. The molecule has 0 aliphatic carbocycles. The number of benzene rings is 2. The number of aromatic nitrogens is 4. The van der Waals surface area contributed by atoms with Crippen LogP contribution in [0, 0.1) is 20.8 Å². The number of hydrogen-bond donors (Lipinski definition) is 1. The first-order chi connectivity index (χ1) is 14.8. The number of rotatable bonds is 5. The minimum Gasteiger partial charge on any atom is -0.310 e. The molecule has 1 amide bonds. The van der Waals surface area contributed by atoms with Crippen molar-refractivity contribution in [1.82, 2.24) is 19.3 Å². The van der Waals surface area contributed by atoms with Crippen LogP contribution < -0.4 is 10.9 Å². The van der Waals surface area contributed by atoms with Gasteiger partial charge in [0.25, 0.3) is 5.56 Å². The molecule has 0 atom stereocenters. The zero-order valence-corrected chi connectivity index (χ0v) is 18.7. The van der Waals surface area contributed by atoms with Gasteiger partial charge in [-0.3, -0.25) is 18.8 Å². The molecule has 0 spiro atoms. The number of fused-ring (bicyclic) bond motifs is 1. The molecular weight excluding hydrogens is 410 g/mol. The minimum absolute atomic E-state index is 0.111. The molecule has 7 nitrogen and oxygen atoms in total. The van der Waals surface area contributed by atoms with E-state index in [1.54, 1.807) is 22.4 Å². The second kappa shape index (κ2) is 8.39. The molecule has 1 N–H and O–H groups in total. The smallest absolute Gasteiger partial charge is 0.266 e. The molecule has 2 aromatic heterocycles. The van der Waals surface area contributed by atoms with E-state index in [0.29, 0.717) is 21.9 Å². The molecule has 0 bridgehead atoms. The maximum absolute atomic E-state index is 13.4. The zero-order valence-electron chi connectivity index (χ0n) is 17.8. The van der Waals surface area contributed by atoms with E-state index < -0.39 is 0 Å². The van der Waals surface area contributed by atoms with Crippen molar-refractivity contribution in [2.75, 3.05) is 11.1 Å². The van der Waals surface area contributed by atoms with Crippen molar-refractivity contribution >= 4 is 34.4 Å². The van der Waals surface area contributed by atoms with Crippen molar-refractivity contribution in [3.8, 4) is 5.69 Å². The Morgan fingerprint density at radius 3 is 2.58 bits per heavy atom. The van der Waals surface area contributed by atoms with E-state index in [-0.39, 0.29) is 17.2 Å². The van der Waals surface area contributed by atoms with Crippen LogP contribution in [0.25, 0.3) is 16.6 Å². The molecule has 0 aliphatic rings. The summed E-state index contributed by atoms with van der Waals surface area (Å²) in [5.41, 5.74) is 4.13. The van der Waals surface area contributed by atoms with Crippen LogP contribution in [0.4, 0.5) is 5.82 Å². The van der Waals surface area contributed by atoms with Crippen LogP contribution in [0.2, 0.25) is 0 Å². The molecule has 0 unspecified atom stereocenters. The standard InChI is InChI=1S/C23H23N5O2S/c1-14-9-10-19(15(2)11-14)28-22(30)17-7-5-6-8-18(17)24-23(28)31-13-21(29)25-20-12-16(3)26-27(20)4/h5-12H,13H2,1-4H3,(H,25,29).